The van der Waals surface area contributed by atoms with E-state index in [1.807, 2.05) is 12.1 Å². The Balaban J connectivity index is 1.96. The van der Waals surface area contributed by atoms with Crippen molar-refractivity contribution in [2.75, 3.05) is 18.0 Å². The van der Waals surface area contributed by atoms with Crippen molar-refractivity contribution < 1.29 is 0 Å². The van der Waals surface area contributed by atoms with Gasteiger partial charge in [-0.05, 0) is 36.8 Å². The van der Waals surface area contributed by atoms with Crippen LogP contribution < -0.4 is 4.90 Å². The first kappa shape index (κ1) is 12.5. The summed E-state index contributed by atoms with van der Waals surface area (Å²) in [6.07, 6.45) is 3.97. The van der Waals surface area contributed by atoms with Crippen LogP contribution >= 0.6 is 0 Å². The Morgan fingerprint density at radius 2 is 2.00 bits per heavy atom. The maximum absolute atomic E-state index is 9.30. The lowest BCUT2D eigenvalue weighted by atomic mass is 9.91. The van der Waals surface area contributed by atoms with Crippen LogP contribution in [-0.2, 0) is 5.41 Å². The average Bonchev–Trinajstić information content (AvgIpc) is 2.98. The summed E-state index contributed by atoms with van der Waals surface area (Å²) in [5.41, 5.74) is 2.37. The van der Waals surface area contributed by atoms with Gasteiger partial charge in [-0.1, -0.05) is 20.8 Å². The number of nitriles is 1. The van der Waals surface area contributed by atoms with Crippen LogP contribution in [0.4, 0.5) is 5.82 Å². The summed E-state index contributed by atoms with van der Waals surface area (Å²) in [6, 6.07) is 6.22. The van der Waals surface area contributed by atoms with E-state index in [-0.39, 0.29) is 5.41 Å². The third-order valence-electron chi connectivity index (χ3n) is 4.46. The lowest BCUT2D eigenvalue weighted by Gasteiger charge is -2.23. The third kappa shape index (κ3) is 2.20. The van der Waals surface area contributed by atoms with Gasteiger partial charge in [-0.25, -0.2) is 4.98 Å². The van der Waals surface area contributed by atoms with Crippen LogP contribution in [0.5, 0.6) is 0 Å². The van der Waals surface area contributed by atoms with Crippen LogP contribution in [0, 0.1) is 16.7 Å². The zero-order valence-electron chi connectivity index (χ0n) is 12.0. The highest BCUT2D eigenvalue weighted by molar-refractivity contribution is 5.56. The molecule has 1 saturated carbocycles. The van der Waals surface area contributed by atoms with Crippen LogP contribution in [-0.4, -0.2) is 18.1 Å². The van der Waals surface area contributed by atoms with E-state index in [2.05, 4.69) is 31.7 Å². The summed E-state index contributed by atoms with van der Waals surface area (Å²) >= 11 is 0. The Morgan fingerprint density at radius 3 is 2.53 bits per heavy atom. The summed E-state index contributed by atoms with van der Waals surface area (Å²) in [4.78, 5) is 7.11. The molecule has 0 unspecified atom stereocenters. The van der Waals surface area contributed by atoms with E-state index in [1.165, 1.54) is 19.3 Å². The van der Waals surface area contributed by atoms with Crippen molar-refractivity contribution in [3.63, 3.8) is 0 Å². The highest BCUT2D eigenvalue weighted by atomic mass is 15.2. The Bertz CT molecular complexity index is 544. The van der Waals surface area contributed by atoms with Crippen molar-refractivity contribution in [3.05, 3.63) is 23.4 Å². The van der Waals surface area contributed by atoms with E-state index >= 15 is 0 Å². The van der Waals surface area contributed by atoms with E-state index in [0.717, 1.165) is 24.6 Å². The summed E-state index contributed by atoms with van der Waals surface area (Å²) in [5.74, 6) is 0.902. The van der Waals surface area contributed by atoms with Crippen LogP contribution in [0.25, 0.3) is 0 Å². The average molecular weight is 255 g/mol. The lowest BCUT2D eigenvalue weighted by molar-refractivity contribution is 0.566. The third-order valence-corrected chi connectivity index (χ3v) is 4.46. The monoisotopic (exact) mass is 255 g/mol. The maximum atomic E-state index is 9.30. The molecule has 1 aliphatic carbocycles. The van der Waals surface area contributed by atoms with Gasteiger partial charge in [0.2, 0.25) is 0 Å². The molecule has 3 rings (SSSR count). The molecular formula is C16H21N3. The second-order valence-corrected chi connectivity index (χ2v) is 7.10. The molecule has 1 aromatic heterocycles. The zero-order chi connectivity index (χ0) is 13.7. The van der Waals surface area contributed by atoms with E-state index in [1.54, 1.807) is 0 Å². The Kier molecular flexibility index (Phi) is 2.60. The van der Waals surface area contributed by atoms with E-state index in [9.17, 15) is 5.26 Å². The molecule has 19 heavy (non-hydrogen) atoms. The minimum atomic E-state index is 0.0275. The first-order chi connectivity index (χ1) is 8.93. The molecule has 1 aromatic rings. The van der Waals surface area contributed by atoms with E-state index in [0.29, 0.717) is 11.0 Å². The van der Waals surface area contributed by atoms with Crippen LogP contribution in [0.3, 0.4) is 0 Å². The SMILES string of the molecule is CC(C)(C)c1ccc(C#N)c(N2CCC3(CC3)C2)n1. The van der Waals surface area contributed by atoms with Gasteiger partial charge in [-0.3, -0.25) is 0 Å². The Hall–Kier alpha value is -1.56. The van der Waals surface area contributed by atoms with Crippen molar-refractivity contribution in [1.29, 1.82) is 5.26 Å². The normalized spacial score (nSPS) is 20.6. The predicted octanol–water partition coefficient (Wildman–Crippen LogP) is 3.24. The standard InChI is InChI=1S/C16H21N3/c1-15(2,3)13-5-4-12(10-17)14(18-13)19-9-8-16(11-19)6-7-16/h4-5H,6-9,11H2,1-3H3. The van der Waals surface area contributed by atoms with Crippen LogP contribution in [0.15, 0.2) is 12.1 Å². The van der Waals surface area contributed by atoms with Gasteiger partial charge in [0, 0.05) is 24.2 Å². The molecule has 0 bridgehead atoms. The highest BCUT2D eigenvalue weighted by Gasteiger charge is 2.48. The fourth-order valence-corrected chi connectivity index (χ4v) is 2.90. The quantitative estimate of drug-likeness (QED) is 0.773. The topological polar surface area (TPSA) is 39.9 Å². The maximum Gasteiger partial charge on any atom is 0.146 e. The van der Waals surface area contributed by atoms with Gasteiger partial charge in [0.1, 0.15) is 11.9 Å². The zero-order valence-corrected chi connectivity index (χ0v) is 12.0. The molecular weight excluding hydrogens is 234 g/mol. The number of anilines is 1. The number of aromatic nitrogens is 1. The molecule has 1 aliphatic heterocycles. The summed E-state index contributed by atoms with van der Waals surface area (Å²) in [5, 5.41) is 9.30. The molecule has 1 spiro atoms. The van der Waals surface area contributed by atoms with Gasteiger partial charge >= 0.3 is 0 Å². The predicted molar refractivity (Wildman–Crippen MR) is 76.1 cm³/mol. The smallest absolute Gasteiger partial charge is 0.146 e. The Morgan fingerprint density at radius 1 is 1.26 bits per heavy atom. The van der Waals surface area contributed by atoms with Crippen molar-refractivity contribution in [3.8, 4) is 6.07 Å². The Labute approximate surface area is 115 Å². The minimum Gasteiger partial charge on any atom is -0.355 e. The minimum absolute atomic E-state index is 0.0275. The molecule has 3 heteroatoms. The van der Waals surface area contributed by atoms with Crippen molar-refractivity contribution in [2.45, 2.75) is 45.4 Å². The van der Waals surface area contributed by atoms with Gasteiger partial charge in [0.05, 0.1) is 5.56 Å². The van der Waals surface area contributed by atoms with E-state index < -0.39 is 0 Å². The first-order valence-electron chi connectivity index (χ1n) is 7.10. The number of rotatable bonds is 1. The van der Waals surface area contributed by atoms with Gasteiger partial charge in [0.25, 0.3) is 0 Å². The van der Waals surface area contributed by atoms with Gasteiger partial charge in [0.15, 0.2) is 0 Å². The number of hydrogen-bond donors (Lipinski definition) is 0. The highest BCUT2D eigenvalue weighted by Crippen LogP contribution is 2.53. The summed E-state index contributed by atoms with van der Waals surface area (Å²) in [6.45, 7) is 8.63. The molecule has 2 heterocycles. The van der Waals surface area contributed by atoms with E-state index in [4.69, 9.17) is 4.98 Å². The molecule has 2 fully saturated rings. The summed E-state index contributed by atoms with van der Waals surface area (Å²) < 4.78 is 0. The lowest BCUT2D eigenvalue weighted by Crippen LogP contribution is -2.24. The molecule has 3 nitrogen and oxygen atoms in total. The van der Waals surface area contributed by atoms with Crippen molar-refractivity contribution in [1.82, 2.24) is 4.98 Å². The molecule has 0 aromatic carbocycles. The summed E-state index contributed by atoms with van der Waals surface area (Å²) in [7, 11) is 0. The number of pyridine rings is 1. The van der Waals surface area contributed by atoms with Crippen molar-refractivity contribution >= 4 is 5.82 Å². The molecule has 0 amide bonds. The molecule has 2 aliphatic rings. The van der Waals surface area contributed by atoms with Gasteiger partial charge in [-0.15, -0.1) is 0 Å². The second-order valence-electron chi connectivity index (χ2n) is 7.10. The fraction of sp³-hybridized carbons (Fsp3) is 0.625. The molecule has 0 N–H and O–H groups in total. The molecule has 100 valence electrons. The second kappa shape index (κ2) is 3.96. The van der Waals surface area contributed by atoms with Gasteiger partial charge in [-0.2, -0.15) is 5.26 Å². The number of hydrogen-bond acceptors (Lipinski definition) is 3. The van der Waals surface area contributed by atoms with Gasteiger partial charge < -0.3 is 4.90 Å². The molecule has 0 radical (unpaired) electrons. The molecule has 0 atom stereocenters. The first-order valence-corrected chi connectivity index (χ1v) is 7.10. The van der Waals surface area contributed by atoms with Crippen LogP contribution in [0.2, 0.25) is 0 Å². The largest absolute Gasteiger partial charge is 0.355 e. The van der Waals surface area contributed by atoms with Crippen molar-refractivity contribution in [2.24, 2.45) is 5.41 Å². The fourth-order valence-electron chi connectivity index (χ4n) is 2.90. The van der Waals surface area contributed by atoms with Crippen LogP contribution in [0.1, 0.15) is 51.3 Å². The molecule has 1 saturated heterocycles. The number of nitrogens with zero attached hydrogens (tertiary/aromatic N) is 3.